The third-order valence-corrected chi connectivity index (χ3v) is 6.84. The van der Waals surface area contributed by atoms with Gasteiger partial charge in [0.15, 0.2) is 0 Å². The highest BCUT2D eigenvalue weighted by molar-refractivity contribution is 6.32. The number of rotatable bonds is 6. The Balaban J connectivity index is 1.19. The third-order valence-electron chi connectivity index (χ3n) is 6.54. The van der Waals surface area contributed by atoms with E-state index in [0.717, 1.165) is 54.6 Å². The Labute approximate surface area is 205 Å². The highest BCUT2D eigenvalue weighted by Gasteiger charge is 2.25. The van der Waals surface area contributed by atoms with Gasteiger partial charge in [0.1, 0.15) is 12.4 Å². The van der Waals surface area contributed by atoms with Crippen LogP contribution in [-0.2, 0) is 17.8 Å². The molecule has 0 radical (unpaired) electrons. The Kier molecular flexibility index (Phi) is 6.82. The lowest BCUT2D eigenvalue weighted by Crippen LogP contribution is -2.42. The average molecular weight is 474 g/mol. The second kappa shape index (κ2) is 10.3. The second-order valence-electron chi connectivity index (χ2n) is 8.94. The maximum Gasteiger partial charge on any atom is 0.407 e. The number of anilines is 1. The van der Waals surface area contributed by atoms with Gasteiger partial charge in [-0.15, -0.1) is 0 Å². The van der Waals surface area contributed by atoms with Crippen molar-refractivity contribution in [2.45, 2.75) is 50.8 Å². The highest BCUT2D eigenvalue weighted by Crippen LogP contribution is 2.37. The summed E-state index contributed by atoms with van der Waals surface area (Å²) in [5, 5.41) is 7.25. The van der Waals surface area contributed by atoms with Crippen LogP contribution in [0.3, 0.4) is 0 Å². The number of carbonyl (C=O) groups excluding carboxylic acids is 1. The van der Waals surface area contributed by atoms with E-state index in [4.69, 9.17) is 16.3 Å². The molecule has 6 heteroatoms. The molecule has 1 heterocycles. The van der Waals surface area contributed by atoms with Crippen LogP contribution in [0.4, 0.5) is 10.6 Å². The molecular formula is C28H28ClN3O2. The Morgan fingerprint density at radius 2 is 1.82 bits per heavy atom. The predicted molar refractivity (Wildman–Crippen MR) is 136 cm³/mol. The molecule has 1 amide bonds. The zero-order valence-electron chi connectivity index (χ0n) is 19.0. The molecule has 1 fully saturated rings. The van der Waals surface area contributed by atoms with Gasteiger partial charge >= 0.3 is 6.09 Å². The molecule has 1 saturated carbocycles. The number of aromatic nitrogens is 1. The summed E-state index contributed by atoms with van der Waals surface area (Å²) >= 11 is 6.55. The van der Waals surface area contributed by atoms with Crippen LogP contribution in [0.1, 0.15) is 47.9 Å². The molecule has 0 bridgehead atoms. The van der Waals surface area contributed by atoms with E-state index < -0.39 is 0 Å². The first-order valence-electron chi connectivity index (χ1n) is 11.8. The van der Waals surface area contributed by atoms with Crippen molar-refractivity contribution in [2.24, 2.45) is 0 Å². The van der Waals surface area contributed by atoms with Gasteiger partial charge in [-0.1, -0.05) is 72.3 Å². The van der Waals surface area contributed by atoms with Crippen LogP contribution < -0.4 is 10.6 Å². The number of hydrogen-bond donors (Lipinski definition) is 2. The SMILES string of the molecule is O=C(N[C@H]1CCC[C@@H](Nc2cc(C3=CCc4ccccc43)c(Cl)cn2)C1)OCc1ccccc1. The summed E-state index contributed by atoms with van der Waals surface area (Å²) in [6.07, 6.45) is 8.34. The molecule has 0 aliphatic heterocycles. The molecule has 5 nitrogen and oxygen atoms in total. The van der Waals surface area contributed by atoms with E-state index in [1.165, 1.54) is 11.1 Å². The molecule has 3 aromatic rings. The quantitative estimate of drug-likeness (QED) is 0.436. The summed E-state index contributed by atoms with van der Waals surface area (Å²) in [5.41, 5.74) is 5.69. The first-order valence-corrected chi connectivity index (χ1v) is 12.2. The van der Waals surface area contributed by atoms with Crippen LogP contribution in [0, 0.1) is 0 Å². The Morgan fingerprint density at radius 3 is 2.71 bits per heavy atom. The number of carbonyl (C=O) groups is 1. The number of pyridine rings is 1. The lowest BCUT2D eigenvalue weighted by atomic mass is 9.91. The van der Waals surface area contributed by atoms with Gasteiger partial charge in [-0.05, 0) is 60.4 Å². The number of alkyl carbamates (subject to hydrolysis) is 1. The molecule has 0 unspecified atom stereocenters. The van der Waals surface area contributed by atoms with Crippen molar-refractivity contribution in [1.29, 1.82) is 0 Å². The average Bonchev–Trinajstić information content (AvgIpc) is 3.29. The Hall–Kier alpha value is -3.31. The largest absolute Gasteiger partial charge is 0.445 e. The number of amides is 1. The fourth-order valence-electron chi connectivity index (χ4n) is 4.85. The first-order chi connectivity index (χ1) is 16.7. The fourth-order valence-corrected chi connectivity index (χ4v) is 5.06. The lowest BCUT2D eigenvalue weighted by Gasteiger charge is -2.30. The lowest BCUT2D eigenvalue weighted by molar-refractivity contribution is 0.132. The molecule has 2 atom stereocenters. The summed E-state index contributed by atoms with van der Waals surface area (Å²) in [4.78, 5) is 16.8. The van der Waals surface area contributed by atoms with E-state index in [1.54, 1.807) is 6.20 Å². The van der Waals surface area contributed by atoms with Crippen molar-refractivity contribution < 1.29 is 9.53 Å². The van der Waals surface area contributed by atoms with Crippen LogP contribution in [0.2, 0.25) is 5.02 Å². The molecule has 34 heavy (non-hydrogen) atoms. The number of allylic oxidation sites excluding steroid dienone is 1. The molecule has 2 aromatic carbocycles. The third kappa shape index (κ3) is 5.26. The molecule has 174 valence electrons. The van der Waals surface area contributed by atoms with Crippen molar-refractivity contribution in [3.63, 3.8) is 0 Å². The van der Waals surface area contributed by atoms with Gasteiger partial charge in [-0.3, -0.25) is 0 Å². The summed E-state index contributed by atoms with van der Waals surface area (Å²) in [6, 6.07) is 20.5. The fraction of sp³-hybridized carbons (Fsp3) is 0.286. The van der Waals surface area contributed by atoms with E-state index in [9.17, 15) is 4.79 Å². The van der Waals surface area contributed by atoms with Crippen LogP contribution in [-0.4, -0.2) is 23.2 Å². The monoisotopic (exact) mass is 473 g/mol. The summed E-state index contributed by atoms with van der Waals surface area (Å²) in [5.74, 6) is 0.807. The summed E-state index contributed by atoms with van der Waals surface area (Å²) < 4.78 is 5.40. The van der Waals surface area contributed by atoms with E-state index >= 15 is 0 Å². The van der Waals surface area contributed by atoms with Crippen LogP contribution in [0.5, 0.6) is 0 Å². The number of fused-ring (bicyclic) bond motifs is 1. The molecule has 2 N–H and O–H groups in total. The van der Waals surface area contributed by atoms with Crippen LogP contribution in [0.25, 0.3) is 5.57 Å². The molecule has 5 rings (SSSR count). The number of nitrogens with one attached hydrogen (secondary N) is 2. The predicted octanol–water partition coefficient (Wildman–Crippen LogP) is 6.37. The zero-order chi connectivity index (χ0) is 23.3. The second-order valence-corrected chi connectivity index (χ2v) is 9.35. The summed E-state index contributed by atoms with van der Waals surface area (Å²) in [7, 11) is 0. The minimum atomic E-state index is -0.367. The molecular weight excluding hydrogens is 446 g/mol. The van der Waals surface area contributed by atoms with Gasteiger partial charge < -0.3 is 15.4 Å². The maximum absolute atomic E-state index is 12.3. The van der Waals surface area contributed by atoms with Gasteiger partial charge in [0.25, 0.3) is 0 Å². The molecule has 0 saturated heterocycles. The minimum Gasteiger partial charge on any atom is -0.445 e. The van der Waals surface area contributed by atoms with E-state index in [1.807, 2.05) is 36.4 Å². The van der Waals surface area contributed by atoms with Crippen molar-refractivity contribution >= 4 is 29.1 Å². The van der Waals surface area contributed by atoms with Gasteiger partial charge in [-0.2, -0.15) is 0 Å². The number of hydrogen-bond acceptors (Lipinski definition) is 4. The van der Waals surface area contributed by atoms with Gasteiger partial charge in [0.05, 0.1) is 5.02 Å². The van der Waals surface area contributed by atoms with E-state index in [2.05, 4.69) is 46.0 Å². The van der Waals surface area contributed by atoms with Crippen molar-refractivity contribution in [3.8, 4) is 0 Å². The molecule has 2 aliphatic carbocycles. The number of halogens is 1. The number of nitrogens with zero attached hydrogens (tertiary/aromatic N) is 1. The molecule has 1 aromatic heterocycles. The summed E-state index contributed by atoms with van der Waals surface area (Å²) in [6.45, 7) is 0.275. The highest BCUT2D eigenvalue weighted by atomic mass is 35.5. The normalized spacial score (nSPS) is 19.1. The molecule has 0 spiro atoms. The first kappa shape index (κ1) is 22.5. The number of ether oxygens (including phenoxy) is 1. The topological polar surface area (TPSA) is 63.2 Å². The smallest absolute Gasteiger partial charge is 0.407 e. The van der Waals surface area contributed by atoms with Gasteiger partial charge in [0.2, 0.25) is 0 Å². The maximum atomic E-state index is 12.3. The van der Waals surface area contributed by atoms with E-state index in [-0.39, 0.29) is 24.8 Å². The van der Waals surface area contributed by atoms with E-state index in [0.29, 0.717) is 5.02 Å². The Morgan fingerprint density at radius 1 is 1.03 bits per heavy atom. The molecule has 2 aliphatic rings. The van der Waals surface area contributed by atoms with Crippen molar-refractivity contribution in [1.82, 2.24) is 10.3 Å². The van der Waals surface area contributed by atoms with Crippen molar-refractivity contribution in [3.05, 3.63) is 100 Å². The van der Waals surface area contributed by atoms with Crippen molar-refractivity contribution in [2.75, 3.05) is 5.32 Å². The van der Waals surface area contributed by atoms with Crippen LogP contribution in [0.15, 0.2) is 72.9 Å². The van der Waals surface area contributed by atoms with Gasteiger partial charge in [-0.25, -0.2) is 9.78 Å². The van der Waals surface area contributed by atoms with Crippen LogP contribution >= 0.6 is 11.6 Å². The zero-order valence-corrected chi connectivity index (χ0v) is 19.7. The Bertz CT molecular complexity index is 1200. The number of benzene rings is 2. The standard InChI is InChI=1S/C28H28ClN3O2/c29-26-17-30-27(16-25(26)24-14-13-20-9-4-5-12-23(20)24)31-21-10-6-11-22(15-21)32-28(33)34-18-19-7-2-1-3-8-19/h1-5,7-9,12,14,16-17,21-22H,6,10-11,13,15,18H2,(H,30,31)(H,32,33)/t21-,22+/m1/s1. The minimum absolute atomic E-state index is 0.0747. The van der Waals surface area contributed by atoms with Gasteiger partial charge in [0, 0.05) is 23.8 Å².